The summed E-state index contributed by atoms with van der Waals surface area (Å²) in [7, 11) is 1.53. The van der Waals surface area contributed by atoms with E-state index < -0.39 is 11.9 Å². The van der Waals surface area contributed by atoms with Gasteiger partial charge in [0.2, 0.25) is 0 Å². The van der Waals surface area contributed by atoms with Crippen LogP contribution in [0.4, 0.5) is 4.39 Å². The van der Waals surface area contributed by atoms with Crippen LogP contribution in [-0.2, 0) is 0 Å². The molecule has 0 fully saturated rings. The summed E-state index contributed by atoms with van der Waals surface area (Å²) >= 11 is 11.9. The summed E-state index contributed by atoms with van der Waals surface area (Å²) in [6, 6.07) is 9.01. The molecule has 2 aromatic rings. The molecule has 0 saturated carbocycles. The summed E-state index contributed by atoms with van der Waals surface area (Å²) in [5.41, 5.74) is 7.28. The van der Waals surface area contributed by atoms with Gasteiger partial charge in [-0.1, -0.05) is 35.3 Å². The maximum absolute atomic E-state index is 13.5. The van der Waals surface area contributed by atoms with Crippen molar-refractivity contribution in [3.05, 3.63) is 63.4 Å². The molecule has 0 bridgehead atoms. The van der Waals surface area contributed by atoms with E-state index in [1.54, 1.807) is 30.3 Å². The molecule has 0 aromatic heterocycles. The average molecular weight is 300 g/mol. The average Bonchev–Trinajstić information content (AvgIpc) is 2.41. The second-order valence-electron chi connectivity index (χ2n) is 4.01. The Morgan fingerprint density at radius 1 is 1.16 bits per heavy atom. The monoisotopic (exact) mass is 299 g/mol. The van der Waals surface area contributed by atoms with E-state index >= 15 is 0 Å². The second-order valence-corrected chi connectivity index (χ2v) is 4.82. The first kappa shape index (κ1) is 14.1. The molecule has 2 rings (SSSR count). The van der Waals surface area contributed by atoms with Crippen LogP contribution in [0, 0.1) is 5.82 Å². The van der Waals surface area contributed by atoms with E-state index in [4.69, 9.17) is 33.7 Å². The number of methoxy groups -OCH3 is 1. The SMILES string of the molecule is COc1ccc(Cl)cc1C(N)c1cccc(F)c1Cl. The van der Waals surface area contributed by atoms with Gasteiger partial charge >= 0.3 is 0 Å². The van der Waals surface area contributed by atoms with E-state index in [-0.39, 0.29) is 5.02 Å². The molecule has 0 aliphatic heterocycles. The molecule has 2 nitrogen and oxygen atoms in total. The minimum atomic E-state index is -0.614. The number of ether oxygens (including phenoxy) is 1. The summed E-state index contributed by atoms with van der Waals surface area (Å²) in [5, 5.41) is 0.538. The molecule has 2 N–H and O–H groups in total. The fourth-order valence-electron chi connectivity index (χ4n) is 1.88. The second kappa shape index (κ2) is 5.78. The van der Waals surface area contributed by atoms with Crippen molar-refractivity contribution in [2.45, 2.75) is 6.04 Å². The fourth-order valence-corrected chi connectivity index (χ4v) is 2.30. The number of halogens is 3. The van der Waals surface area contributed by atoms with Crippen LogP contribution >= 0.6 is 23.2 Å². The Bertz CT molecular complexity index is 604. The van der Waals surface area contributed by atoms with Crippen molar-refractivity contribution in [2.75, 3.05) is 7.11 Å². The van der Waals surface area contributed by atoms with Gasteiger partial charge in [-0.25, -0.2) is 4.39 Å². The molecule has 0 amide bonds. The van der Waals surface area contributed by atoms with E-state index in [1.807, 2.05) is 0 Å². The van der Waals surface area contributed by atoms with Crippen molar-refractivity contribution in [2.24, 2.45) is 5.73 Å². The normalized spacial score (nSPS) is 12.3. The molecule has 0 aliphatic rings. The third-order valence-electron chi connectivity index (χ3n) is 2.84. The Kier molecular flexibility index (Phi) is 4.30. The Morgan fingerprint density at radius 3 is 2.58 bits per heavy atom. The molecule has 0 radical (unpaired) electrons. The van der Waals surface area contributed by atoms with Crippen molar-refractivity contribution < 1.29 is 9.13 Å². The van der Waals surface area contributed by atoms with Crippen molar-refractivity contribution in [3.8, 4) is 5.75 Å². The first-order valence-electron chi connectivity index (χ1n) is 5.57. The fraction of sp³-hybridized carbons (Fsp3) is 0.143. The lowest BCUT2D eigenvalue weighted by atomic mass is 9.98. The molecule has 2 aromatic carbocycles. The van der Waals surface area contributed by atoms with Crippen LogP contribution in [0.3, 0.4) is 0 Å². The van der Waals surface area contributed by atoms with Gasteiger partial charge in [0.25, 0.3) is 0 Å². The Balaban J connectivity index is 2.52. The zero-order valence-corrected chi connectivity index (χ0v) is 11.7. The zero-order chi connectivity index (χ0) is 14.0. The highest BCUT2D eigenvalue weighted by molar-refractivity contribution is 6.31. The molecule has 0 heterocycles. The lowest BCUT2D eigenvalue weighted by molar-refractivity contribution is 0.408. The van der Waals surface area contributed by atoms with E-state index in [9.17, 15) is 4.39 Å². The van der Waals surface area contributed by atoms with Crippen molar-refractivity contribution in [1.29, 1.82) is 0 Å². The molecule has 0 saturated heterocycles. The number of rotatable bonds is 3. The summed E-state index contributed by atoms with van der Waals surface area (Å²) in [6.07, 6.45) is 0. The lowest BCUT2D eigenvalue weighted by Crippen LogP contribution is -2.14. The maximum Gasteiger partial charge on any atom is 0.142 e. The van der Waals surface area contributed by atoms with Gasteiger partial charge in [0, 0.05) is 10.6 Å². The van der Waals surface area contributed by atoms with Gasteiger partial charge in [-0.2, -0.15) is 0 Å². The van der Waals surface area contributed by atoms with Gasteiger partial charge in [-0.05, 0) is 29.8 Å². The molecule has 1 unspecified atom stereocenters. The third kappa shape index (κ3) is 2.84. The highest BCUT2D eigenvalue weighted by Gasteiger charge is 2.18. The van der Waals surface area contributed by atoms with Crippen LogP contribution in [0.1, 0.15) is 17.2 Å². The van der Waals surface area contributed by atoms with Gasteiger partial charge in [-0.3, -0.25) is 0 Å². The van der Waals surface area contributed by atoms with Gasteiger partial charge in [0.05, 0.1) is 18.2 Å². The van der Waals surface area contributed by atoms with Crippen molar-refractivity contribution in [1.82, 2.24) is 0 Å². The molecule has 0 spiro atoms. The molecular weight excluding hydrogens is 288 g/mol. The van der Waals surface area contributed by atoms with Crippen LogP contribution < -0.4 is 10.5 Å². The third-order valence-corrected chi connectivity index (χ3v) is 3.48. The van der Waals surface area contributed by atoms with Gasteiger partial charge in [-0.15, -0.1) is 0 Å². The predicted octanol–water partition coefficient (Wildman–Crippen LogP) is 4.19. The molecule has 5 heteroatoms. The summed E-state index contributed by atoms with van der Waals surface area (Å²) in [5.74, 6) is 0.0767. The van der Waals surface area contributed by atoms with Crippen molar-refractivity contribution >= 4 is 23.2 Å². The predicted molar refractivity (Wildman–Crippen MR) is 75.4 cm³/mol. The highest BCUT2D eigenvalue weighted by atomic mass is 35.5. The van der Waals surface area contributed by atoms with Gasteiger partial charge in [0.1, 0.15) is 11.6 Å². The van der Waals surface area contributed by atoms with Crippen LogP contribution in [0.15, 0.2) is 36.4 Å². The van der Waals surface area contributed by atoms with Gasteiger partial charge < -0.3 is 10.5 Å². The number of benzene rings is 2. The number of hydrogen-bond donors (Lipinski definition) is 1. The van der Waals surface area contributed by atoms with Crippen LogP contribution in [0.2, 0.25) is 10.0 Å². The standard InChI is InChI=1S/C14H12Cl2FNO/c1-19-12-6-5-8(15)7-10(12)14(18)9-3-2-4-11(17)13(9)16/h2-7,14H,18H2,1H3. The lowest BCUT2D eigenvalue weighted by Gasteiger charge is -2.17. The molecular formula is C14H12Cl2FNO. The highest BCUT2D eigenvalue weighted by Crippen LogP contribution is 2.34. The summed E-state index contributed by atoms with van der Waals surface area (Å²) in [6.45, 7) is 0. The Hall–Kier alpha value is -1.29. The molecule has 1 atom stereocenters. The number of hydrogen-bond acceptors (Lipinski definition) is 2. The molecule has 0 aliphatic carbocycles. The quantitative estimate of drug-likeness (QED) is 0.922. The maximum atomic E-state index is 13.5. The largest absolute Gasteiger partial charge is 0.496 e. The summed E-state index contributed by atoms with van der Waals surface area (Å²) in [4.78, 5) is 0. The van der Waals surface area contributed by atoms with Crippen LogP contribution in [0.25, 0.3) is 0 Å². The first-order chi connectivity index (χ1) is 9.04. The summed E-state index contributed by atoms with van der Waals surface area (Å²) < 4.78 is 18.7. The number of nitrogens with two attached hydrogens (primary N) is 1. The topological polar surface area (TPSA) is 35.2 Å². The van der Waals surface area contributed by atoms with E-state index in [2.05, 4.69) is 0 Å². The van der Waals surface area contributed by atoms with E-state index in [1.165, 1.54) is 13.2 Å². The van der Waals surface area contributed by atoms with Crippen LogP contribution in [0.5, 0.6) is 5.75 Å². The Morgan fingerprint density at radius 2 is 1.89 bits per heavy atom. The Labute approximate surface area is 120 Å². The van der Waals surface area contributed by atoms with E-state index in [0.717, 1.165) is 0 Å². The van der Waals surface area contributed by atoms with E-state index in [0.29, 0.717) is 21.9 Å². The molecule has 19 heavy (non-hydrogen) atoms. The smallest absolute Gasteiger partial charge is 0.142 e. The zero-order valence-electron chi connectivity index (χ0n) is 10.2. The first-order valence-corrected chi connectivity index (χ1v) is 6.33. The van der Waals surface area contributed by atoms with Gasteiger partial charge in [0.15, 0.2) is 0 Å². The minimum absolute atomic E-state index is 0.0111. The van der Waals surface area contributed by atoms with Crippen LogP contribution in [-0.4, -0.2) is 7.11 Å². The van der Waals surface area contributed by atoms with Crippen molar-refractivity contribution in [3.63, 3.8) is 0 Å². The minimum Gasteiger partial charge on any atom is -0.496 e. The molecule has 100 valence electrons.